The van der Waals surface area contributed by atoms with Crippen LogP contribution in [0.3, 0.4) is 0 Å². The molecule has 240 valence electrons. The van der Waals surface area contributed by atoms with Crippen LogP contribution in [0.1, 0.15) is 87.9 Å². The van der Waals surface area contributed by atoms with E-state index < -0.39 is 24.0 Å². The summed E-state index contributed by atoms with van der Waals surface area (Å²) < 4.78 is 24.8. The topological polar surface area (TPSA) is 71.1 Å². The second-order valence-electron chi connectivity index (χ2n) is 15.5. The smallest absolute Gasteiger partial charge is 0.320 e. The molecule has 8 fully saturated rings. The fourth-order valence-corrected chi connectivity index (χ4v) is 11.0. The molecule has 0 radical (unpaired) electrons. The Balaban J connectivity index is 1.05. The molecule has 8 aliphatic rings. The highest BCUT2D eigenvalue weighted by Crippen LogP contribution is 2.56. The molecule has 0 N–H and O–H groups in total. The zero-order valence-electron chi connectivity index (χ0n) is 26.6. The molecule has 0 heterocycles. The number of methoxy groups -OCH3 is 1. The van der Waals surface area contributed by atoms with Gasteiger partial charge in [-0.25, -0.2) is 0 Å². The molecule has 0 spiro atoms. The van der Waals surface area contributed by atoms with E-state index in [0.717, 1.165) is 91.9 Å². The molecule has 1 atom stereocenters. The Kier molecular flexibility index (Phi) is 8.13. The summed E-state index contributed by atoms with van der Waals surface area (Å²) in [6, 6.07) is 17.8. The van der Waals surface area contributed by atoms with Crippen molar-refractivity contribution in [2.45, 2.75) is 95.5 Å². The van der Waals surface area contributed by atoms with Gasteiger partial charge in [-0.05, 0) is 135 Å². The SMILES string of the molecule is COc1ccc([C@H](CC(C(=O)OC2C3CC4CC(C3)CC2C4)C(=O)OC2C3CC4CC(C3)CC2C4)OCc2ccccc2)cc1. The molecule has 8 aliphatic carbocycles. The summed E-state index contributed by atoms with van der Waals surface area (Å²) in [7, 11) is 1.65. The number of esters is 2. The average Bonchev–Trinajstić information content (AvgIpc) is 3.04. The van der Waals surface area contributed by atoms with Gasteiger partial charge in [-0.2, -0.15) is 0 Å². The van der Waals surface area contributed by atoms with Gasteiger partial charge in [0, 0.05) is 6.42 Å². The molecular weight excluding hydrogens is 564 g/mol. The minimum atomic E-state index is -1.03. The third-order valence-electron chi connectivity index (χ3n) is 12.6. The van der Waals surface area contributed by atoms with E-state index in [1.165, 1.54) is 12.8 Å². The molecule has 8 bridgehead atoms. The second-order valence-corrected chi connectivity index (χ2v) is 15.5. The normalized spacial score (nSPS) is 36.8. The van der Waals surface area contributed by atoms with Crippen molar-refractivity contribution in [3.63, 3.8) is 0 Å². The zero-order chi connectivity index (χ0) is 30.5. The third-order valence-corrected chi connectivity index (χ3v) is 12.6. The van der Waals surface area contributed by atoms with Gasteiger partial charge in [0.1, 0.15) is 18.0 Å². The quantitative estimate of drug-likeness (QED) is 0.191. The number of hydrogen-bond acceptors (Lipinski definition) is 6. The molecule has 45 heavy (non-hydrogen) atoms. The van der Waals surface area contributed by atoms with Crippen LogP contribution < -0.4 is 4.74 Å². The van der Waals surface area contributed by atoms with E-state index in [2.05, 4.69) is 0 Å². The molecule has 0 saturated heterocycles. The van der Waals surface area contributed by atoms with Crippen LogP contribution in [0.15, 0.2) is 54.6 Å². The minimum absolute atomic E-state index is 0.0774. The Labute approximate surface area is 267 Å². The van der Waals surface area contributed by atoms with Crippen molar-refractivity contribution in [1.82, 2.24) is 0 Å². The largest absolute Gasteiger partial charge is 0.497 e. The minimum Gasteiger partial charge on any atom is -0.497 e. The molecule has 0 amide bonds. The Hall–Kier alpha value is -2.86. The van der Waals surface area contributed by atoms with Gasteiger partial charge in [0.25, 0.3) is 0 Å². The Morgan fingerprint density at radius 3 is 1.56 bits per heavy atom. The molecule has 6 heteroatoms. The Bertz CT molecular complexity index is 1240. The van der Waals surface area contributed by atoms with Crippen molar-refractivity contribution >= 4 is 11.9 Å². The summed E-state index contributed by atoms with van der Waals surface area (Å²) in [4.78, 5) is 28.5. The lowest BCUT2D eigenvalue weighted by atomic mass is 9.55. The maximum Gasteiger partial charge on any atom is 0.320 e. The highest BCUT2D eigenvalue weighted by Gasteiger charge is 2.53. The summed E-state index contributed by atoms with van der Waals surface area (Å²) in [5, 5.41) is 0. The summed E-state index contributed by atoms with van der Waals surface area (Å²) in [6.45, 7) is 0.374. The molecule has 8 saturated carbocycles. The van der Waals surface area contributed by atoms with Crippen LogP contribution >= 0.6 is 0 Å². The third kappa shape index (κ3) is 6.04. The van der Waals surface area contributed by atoms with Crippen molar-refractivity contribution < 1.29 is 28.5 Å². The molecule has 0 aromatic heterocycles. The fraction of sp³-hybridized carbons (Fsp3) is 0.641. The predicted octanol–water partition coefficient (Wildman–Crippen LogP) is 7.70. The maximum atomic E-state index is 14.3. The molecule has 2 aromatic carbocycles. The van der Waals surface area contributed by atoms with Crippen LogP contribution in [-0.2, 0) is 30.4 Å². The van der Waals surface area contributed by atoms with Gasteiger partial charge in [-0.15, -0.1) is 0 Å². The van der Waals surface area contributed by atoms with Gasteiger partial charge >= 0.3 is 11.9 Å². The van der Waals surface area contributed by atoms with E-state index >= 15 is 0 Å². The summed E-state index contributed by atoms with van der Waals surface area (Å²) in [6.07, 6.45) is 11.5. The van der Waals surface area contributed by atoms with E-state index in [1.807, 2.05) is 54.6 Å². The number of ether oxygens (including phenoxy) is 4. The van der Waals surface area contributed by atoms with Crippen molar-refractivity contribution in [2.24, 2.45) is 53.3 Å². The van der Waals surface area contributed by atoms with E-state index in [1.54, 1.807) is 7.11 Å². The van der Waals surface area contributed by atoms with Gasteiger partial charge in [0.2, 0.25) is 0 Å². The van der Waals surface area contributed by atoms with Crippen molar-refractivity contribution in [1.29, 1.82) is 0 Å². The molecular formula is C39H48O6. The molecule has 6 nitrogen and oxygen atoms in total. The standard InChI is InChI=1S/C39H48O6/c1-42-33-9-7-28(8-10-33)35(43-22-23-5-3-2-4-6-23)21-34(38(40)44-36-29-13-24-11-25(15-29)16-30(36)14-24)39(41)45-37-31-17-26-12-27(19-31)20-32(37)18-26/h2-10,24-27,29-32,34-37H,11-22H2,1H3/t24?,25?,26?,27?,29?,30?,31?,32?,34?,35-,36?,37?/m0/s1. The Morgan fingerprint density at radius 2 is 1.11 bits per heavy atom. The monoisotopic (exact) mass is 612 g/mol. The van der Waals surface area contributed by atoms with Crippen LogP contribution in [0.4, 0.5) is 0 Å². The number of rotatable bonds is 11. The first-order valence-corrected chi connectivity index (χ1v) is 17.7. The number of carbonyl (C=O) groups excluding carboxylic acids is 2. The van der Waals surface area contributed by atoms with Gasteiger partial charge in [-0.1, -0.05) is 42.5 Å². The van der Waals surface area contributed by atoms with E-state index in [4.69, 9.17) is 18.9 Å². The first-order chi connectivity index (χ1) is 22.0. The van der Waals surface area contributed by atoms with E-state index in [0.29, 0.717) is 30.3 Å². The summed E-state index contributed by atoms with van der Waals surface area (Å²) >= 11 is 0. The second kappa shape index (κ2) is 12.4. The first-order valence-electron chi connectivity index (χ1n) is 17.7. The van der Waals surface area contributed by atoms with Gasteiger partial charge in [-0.3, -0.25) is 9.59 Å². The number of benzene rings is 2. The lowest BCUT2D eigenvalue weighted by Crippen LogP contribution is -2.52. The van der Waals surface area contributed by atoms with Crippen LogP contribution in [0.2, 0.25) is 0 Å². The van der Waals surface area contributed by atoms with Gasteiger partial charge in [0.15, 0.2) is 5.92 Å². The molecule has 0 aliphatic heterocycles. The van der Waals surface area contributed by atoms with E-state index in [-0.39, 0.29) is 18.6 Å². The number of carbonyl (C=O) groups is 2. The lowest BCUT2D eigenvalue weighted by molar-refractivity contribution is -0.191. The molecule has 10 rings (SSSR count). The van der Waals surface area contributed by atoms with Crippen LogP contribution in [0, 0.1) is 53.3 Å². The summed E-state index contributed by atoms with van der Waals surface area (Å²) in [5.74, 6) is 3.74. The fourth-order valence-electron chi connectivity index (χ4n) is 11.0. The van der Waals surface area contributed by atoms with Crippen LogP contribution in [0.5, 0.6) is 5.75 Å². The van der Waals surface area contributed by atoms with Crippen LogP contribution in [0.25, 0.3) is 0 Å². The average molecular weight is 613 g/mol. The molecule has 0 unspecified atom stereocenters. The van der Waals surface area contributed by atoms with Crippen molar-refractivity contribution in [2.75, 3.05) is 7.11 Å². The molecule has 2 aromatic rings. The zero-order valence-corrected chi connectivity index (χ0v) is 26.6. The first kappa shape index (κ1) is 29.5. The maximum absolute atomic E-state index is 14.3. The predicted molar refractivity (Wildman–Crippen MR) is 169 cm³/mol. The Morgan fingerprint density at radius 1 is 0.644 bits per heavy atom. The highest BCUT2D eigenvalue weighted by atomic mass is 16.6. The lowest BCUT2D eigenvalue weighted by Gasteiger charge is -2.54. The van der Waals surface area contributed by atoms with Gasteiger partial charge < -0.3 is 18.9 Å². The van der Waals surface area contributed by atoms with Crippen molar-refractivity contribution in [3.05, 3.63) is 65.7 Å². The van der Waals surface area contributed by atoms with Gasteiger partial charge in [0.05, 0.1) is 19.8 Å². The van der Waals surface area contributed by atoms with Crippen molar-refractivity contribution in [3.8, 4) is 5.75 Å². The van der Waals surface area contributed by atoms with Crippen LogP contribution in [-0.4, -0.2) is 31.3 Å². The summed E-state index contributed by atoms with van der Waals surface area (Å²) in [5.41, 5.74) is 1.95. The van der Waals surface area contributed by atoms with E-state index in [9.17, 15) is 9.59 Å². The number of hydrogen-bond donors (Lipinski definition) is 0. The highest BCUT2D eigenvalue weighted by molar-refractivity contribution is 5.95.